The van der Waals surface area contributed by atoms with Gasteiger partial charge >= 0.3 is 0 Å². The number of anilines is 2. The summed E-state index contributed by atoms with van der Waals surface area (Å²) in [6, 6.07) is 8.89. The summed E-state index contributed by atoms with van der Waals surface area (Å²) in [7, 11) is -3.83. The first kappa shape index (κ1) is 23.1. The molecule has 3 aromatic rings. The Kier molecular flexibility index (Phi) is 6.95. The van der Waals surface area contributed by atoms with Gasteiger partial charge in [-0.05, 0) is 31.0 Å². The highest BCUT2D eigenvalue weighted by Gasteiger charge is 2.21. The van der Waals surface area contributed by atoms with E-state index in [-0.39, 0.29) is 27.6 Å². The fraction of sp³-hybridized carbons (Fsp3) is 0.250. The Bertz CT molecular complexity index is 1200. The van der Waals surface area contributed by atoms with Crippen LogP contribution in [0.4, 0.5) is 10.8 Å². The van der Waals surface area contributed by atoms with E-state index in [4.69, 9.17) is 17.3 Å². The maximum atomic E-state index is 12.6. The van der Waals surface area contributed by atoms with Gasteiger partial charge in [-0.25, -0.2) is 18.4 Å². The molecule has 0 spiro atoms. The predicted octanol–water partition coefficient (Wildman–Crippen LogP) is 3.89. The summed E-state index contributed by atoms with van der Waals surface area (Å²) in [5, 5.41) is 3.14. The van der Waals surface area contributed by atoms with Gasteiger partial charge in [0.2, 0.25) is 5.91 Å². The first-order chi connectivity index (χ1) is 14.6. The second kappa shape index (κ2) is 9.31. The van der Waals surface area contributed by atoms with E-state index in [9.17, 15) is 13.2 Å². The molecule has 31 heavy (non-hydrogen) atoms. The molecule has 0 saturated heterocycles. The standard InChI is InChI=1S/C20H22ClN5O3S2/c1-11(2)16(22)19(27)25-20-24-12(3)17(30-20)13-9-15(18(21)23-10-13)26-31(28,29)14-7-5-4-6-8-14/h4-11,16,26H,22H2,1-3H3,(H,24,25,27)/t16-/m0/s1. The molecule has 2 aromatic heterocycles. The molecule has 3 rings (SSSR count). The summed E-state index contributed by atoms with van der Waals surface area (Å²) in [5.41, 5.74) is 7.29. The van der Waals surface area contributed by atoms with Gasteiger partial charge in [-0.3, -0.25) is 9.52 Å². The van der Waals surface area contributed by atoms with Crippen LogP contribution in [-0.4, -0.2) is 30.3 Å². The van der Waals surface area contributed by atoms with Crippen LogP contribution in [0, 0.1) is 12.8 Å². The molecular formula is C20H22ClN5O3S2. The number of carbonyl (C=O) groups excluding carboxylic acids is 1. The Morgan fingerprint density at radius 3 is 2.55 bits per heavy atom. The van der Waals surface area contributed by atoms with Crippen LogP contribution in [0.25, 0.3) is 10.4 Å². The van der Waals surface area contributed by atoms with Gasteiger partial charge in [-0.2, -0.15) is 0 Å². The lowest BCUT2D eigenvalue weighted by Gasteiger charge is -2.13. The van der Waals surface area contributed by atoms with Gasteiger partial charge in [-0.15, -0.1) is 0 Å². The summed E-state index contributed by atoms with van der Waals surface area (Å²) in [4.78, 5) is 21.5. The van der Waals surface area contributed by atoms with Crippen molar-refractivity contribution in [2.45, 2.75) is 31.7 Å². The number of nitrogens with zero attached hydrogens (tertiary/aromatic N) is 2. The van der Waals surface area contributed by atoms with Crippen molar-refractivity contribution in [3.8, 4) is 10.4 Å². The van der Waals surface area contributed by atoms with Crippen molar-refractivity contribution in [3.63, 3.8) is 0 Å². The van der Waals surface area contributed by atoms with E-state index < -0.39 is 16.1 Å². The van der Waals surface area contributed by atoms with E-state index in [1.165, 1.54) is 29.7 Å². The fourth-order valence-corrected chi connectivity index (χ4v) is 4.89. The third-order valence-corrected chi connectivity index (χ3v) is 7.25. The van der Waals surface area contributed by atoms with Crippen LogP contribution >= 0.6 is 22.9 Å². The number of rotatable bonds is 7. The van der Waals surface area contributed by atoms with Gasteiger partial charge in [0, 0.05) is 11.8 Å². The van der Waals surface area contributed by atoms with Crippen LogP contribution in [-0.2, 0) is 14.8 Å². The topological polar surface area (TPSA) is 127 Å². The fourth-order valence-electron chi connectivity index (χ4n) is 2.66. The maximum Gasteiger partial charge on any atom is 0.261 e. The van der Waals surface area contributed by atoms with Crippen LogP contribution in [0.5, 0.6) is 0 Å². The van der Waals surface area contributed by atoms with Gasteiger partial charge in [0.1, 0.15) is 0 Å². The largest absolute Gasteiger partial charge is 0.320 e. The molecule has 1 amide bonds. The first-order valence-corrected chi connectivity index (χ1v) is 12.0. The van der Waals surface area contributed by atoms with Crippen LogP contribution in [0.3, 0.4) is 0 Å². The number of aromatic nitrogens is 2. The SMILES string of the molecule is Cc1nc(NC(=O)[C@@H](N)C(C)C)sc1-c1cnc(Cl)c(NS(=O)(=O)c2ccccc2)c1. The van der Waals surface area contributed by atoms with Gasteiger partial charge < -0.3 is 11.1 Å². The molecule has 0 aliphatic heterocycles. The molecule has 4 N–H and O–H groups in total. The number of hydrogen-bond donors (Lipinski definition) is 3. The van der Waals surface area contributed by atoms with Crippen molar-refractivity contribution >= 4 is 49.7 Å². The predicted molar refractivity (Wildman–Crippen MR) is 124 cm³/mol. The highest BCUT2D eigenvalue weighted by atomic mass is 35.5. The lowest BCUT2D eigenvalue weighted by molar-refractivity contribution is -0.118. The average molecular weight is 480 g/mol. The Balaban J connectivity index is 1.88. The van der Waals surface area contributed by atoms with Crippen LogP contribution in [0.2, 0.25) is 5.15 Å². The van der Waals surface area contributed by atoms with Crippen LogP contribution < -0.4 is 15.8 Å². The third kappa shape index (κ3) is 5.40. The lowest BCUT2D eigenvalue weighted by atomic mass is 10.1. The summed E-state index contributed by atoms with van der Waals surface area (Å²) in [6.45, 7) is 5.51. The highest BCUT2D eigenvalue weighted by Crippen LogP contribution is 2.35. The lowest BCUT2D eigenvalue weighted by Crippen LogP contribution is -2.39. The molecular weight excluding hydrogens is 458 g/mol. The zero-order valence-corrected chi connectivity index (χ0v) is 19.5. The number of hydrogen-bond acceptors (Lipinski definition) is 7. The van der Waals surface area contributed by atoms with Gasteiger partial charge in [0.25, 0.3) is 10.0 Å². The Morgan fingerprint density at radius 1 is 1.23 bits per heavy atom. The molecule has 0 saturated carbocycles. The van der Waals surface area contributed by atoms with Crippen molar-refractivity contribution in [2.24, 2.45) is 11.7 Å². The quantitative estimate of drug-likeness (QED) is 0.441. The zero-order chi connectivity index (χ0) is 22.8. The summed E-state index contributed by atoms with van der Waals surface area (Å²) < 4.78 is 27.8. The number of halogens is 1. The van der Waals surface area contributed by atoms with Crippen molar-refractivity contribution in [1.82, 2.24) is 9.97 Å². The van der Waals surface area contributed by atoms with E-state index in [0.29, 0.717) is 16.4 Å². The van der Waals surface area contributed by atoms with E-state index in [2.05, 4.69) is 20.0 Å². The van der Waals surface area contributed by atoms with E-state index in [1.54, 1.807) is 31.2 Å². The normalized spacial score (nSPS) is 12.6. The smallest absolute Gasteiger partial charge is 0.261 e. The first-order valence-electron chi connectivity index (χ1n) is 9.36. The van der Waals surface area contributed by atoms with Crippen LogP contribution in [0.1, 0.15) is 19.5 Å². The second-order valence-electron chi connectivity index (χ2n) is 7.17. The number of aryl methyl sites for hydroxylation is 1. The molecule has 0 bridgehead atoms. The molecule has 0 aliphatic rings. The molecule has 8 nitrogen and oxygen atoms in total. The van der Waals surface area contributed by atoms with E-state index >= 15 is 0 Å². The minimum atomic E-state index is -3.83. The number of nitrogens with one attached hydrogen (secondary N) is 2. The number of thiazole rings is 1. The van der Waals surface area contributed by atoms with E-state index in [1.807, 2.05) is 13.8 Å². The van der Waals surface area contributed by atoms with Gasteiger partial charge in [0.05, 0.1) is 27.2 Å². The second-order valence-corrected chi connectivity index (χ2v) is 10.2. The third-order valence-electron chi connectivity index (χ3n) is 4.45. The van der Waals surface area contributed by atoms with Crippen molar-refractivity contribution in [1.29, 1.82) is 0 Å². The minimum Gasteiger partial charge on any atom is -0.320 e. The summed E-state index contributed by atoms with van der Waals surface area (Å²) in [6.07, 6.45) is 1.52. The van der Waals surface area contributed by atoms with Gasteiger partial charge in [-0.1, -0.05) is 55.0 Å². The number of benzene rings is 1. The zero-order valence-electron chi connectivity index (χ0n) is 17.1. The number of nitrogens with two attached hydrogens (primary N) is 1. The average Bonchev–Trinajstić information content (AvgIpc) is 3.09. The van der Waals surface area contributed by atoms with E-state index in [0.717, 1.165) is 4.88 Å². The van der Waals surface area contributed by atoms with Gasteiger partial charge in [0.15, 0.2) is 10.3 Å². The maximum absolute atomic E-state index is 12.6. The Hall–Kier alpha value is -2.53. The summed E-state index contributed by atoms with van der Waals surface area (Å²) >= 11 is 7.37. The summed E-state index contributed by atoms with van der Waals surface area (Å²) in [5.74, 6) is -0.331. The number of amides is 1. The molecule has 0 aliphatic carbocycles. The van der Waals surface area contributed by atoms with Crippen molar-refractivity contribution < 1.29 is 13.2 Å². The molecule has 0 radical (unpaired) electrons. The minimum absolute atomic E-state index is 0.0128. The number of sulfonamides is 1. The molecule has 2 heterocycles. The molecule has 1 aromatic carbocycles. The molecule has 11 heteroatoms. The number of pyridine rings is 1. The van der Waals surface area contributed by atoms with Crippen molar-refractivity contribution in [3.05, 3.63) is 53.4 Å². The molecule has 0 unspecified atom stereocenters. The highest BCUT2D eigenvalue weighted by molar-refractivity contribution is 7.92. The Labute approximate surface area is 189 Å². The Morgan fingerprint density at radius 2 is 1.90 bits per heavy atom. The van der Waals surface area contributed by atoms with Crippen molar-refractivity contribution in [2.75, 3.05) is 10.0 Å². The molecule has 164 valence electrons. The molecule has 0 fully saturated rings. The number of carbonyl (C=O) groups is 1. The monoisotopic (exact) mass is 479 g/mol. The van der Waals surface area contributed by atoms with Crippen LogP contribution in [0.15, 0.2) is 47.5 Å². The molecule has 1 atom stereocenters.